The van der Waals surface area contributed by atoms with Crippen LogP contribution >= 0.6 is 39.5 Å². The van der Waals surface area contributed by atoms with E-state index in [0.717, 1.165) is 10.3 Å². The van der Waals surface area contributed by atoms with E-state index in [4.69, 9.17) is 12.2 Å². The molecule has 0 radical (unpaired) electrons. The van der Waals surface area contributed by atoms with Crippen LogP contribution in [0, 0.1) is 11.6 Å². The molecule has 100 valence electrons. The van der Waals surface area contributed by atoms with Crippen LogP contribution in [0.15, 0.2) is 15.2 Å². The summed E-state index contributed by atoms with van der Waals surface area (Å²) >= 11 is 10.7. The Labute approximate surface area is 130 Å². The molecule has 0 unspecified atom stereocenters. The molecular weight excluding hydrogens is 340 g/mol. The van der Waals surface area contributed by atoms with Crippen LogP contribution in [0.25, 0.3) is 11.4 Å². The molecule has 0 saturated heterocycles. The molecule has 3 rings (SSSR count). The van der Waals surface area contributed by atoms with Gasteiger partial charge in [-0.1, -0.05) is 25.1 Å². The quantitative estimate of drug-likeness (QED) is 0.711. The highest BCUT2D eigenvalue weighted by atomic mass is 79.9. The Hall–Kier alpha value is -0.520. The standard InChI is InChI=1S/C14H15BrN2S2/c1-8-6-19-7-10(8)13-16-12(9-4-2-3-5-9)11(15)14(18)17-13/h6-7,9H,2-5H2,1H3,(H,16,17,18). The molecule has 1 fully saturated rings. The van der Waals surface area contributed by atoms with E-state index in [2.05, 4.69) is 43.6 Å². The Morgan fingerprint density at radius 1 is 1.37 bits per heavy atom. The first-order valence-electron chi connectivity index (χ1n) is 6.49. The van der Waals surface area contributed by atoms with Crippen molar-refractivity contribution in [3.05, 3.63) is 31.1 Å². The maximum absolute atomic E-state index is 5.41. The van der Waals surface area contributed by atoms with Crippen molar-refractivity contribution < 1.29 is 0 Å². The van der Waals surface area contributed by atoms with E-state index in [-0.39, 0.29) is 0 Å². The molecule has 0 aromatic carbocycles. The van der Waals surface area contributed by atoms with Crippen LogP contribution in [-0.2, 0) is 0 Å². The molecule has 1 aliphatic rings. The molecule has 2 aromatic heterocycles. The number of aromatic amines is 1. The van der Waals surface area contributed by atoms with Gasteiger partial charge in [0.2, 0.25) is 0 Å². The van der Waals surface area contributed by atoms with Crippen molar-refractivity contribution in [2.45, 2.75) is 38.5 Å². The van der Waals surface area contributed by atoms with Crippen molar-refractivity contribution in [3.63, 3.8) is 0 Å². The third kappa shape index (κ3) is 2.56. The Morgan fingerprint density at radius 3 is 2.74 bits per heavy atom. The zero-order chi connectivity index (χ0) is 13.4. The lowest BCUT2D eigenvalue weighted by molar-refractivity contribution is 0.690. The normalized spacial score (nSPS) is 16.1. The minimum Gasteiger partial charge on any atom is -0.342 e. The number of hydrogen-bond donors (Lipinski definition) is 1. The molecule has 2 nitrogen and oxygen atoms in total. The highest BCUT2D eigenvalue weighted by molar-refractivity contribution is 9.10. The number of hydrogen-bond acceptors (Lipinski definition) is 3. The third-order valence-electron chi connectivity index (χ3n) is 3.76. The molecule has 2 heterocycles. The van der Waals surface area contributed by atoms with Crippen molar-refractivity contribution in [2.75, 3.05) is 0 Å². The van der Waals surface area contributed by atoms with Gasteiger partial charge >= 0.3 is 0 Å². The average Bonchev–Trinajstić information content (AvgIpc) is 3.03. The Kier molecular flexibility index (Phi) is 3.87. The Morgan fingerprint density at radius 2 is 2.11 bits per heavy atom. The van der Waals surface area contributed by atoms with Crippen molar-refractivity contribution in [1.82, 2.24) is 9.97 Å². The van der Waals surface area contributed by atoms with E-state index < -0.39 is 0 Å². The van der Waals surface area contributed by atoms with Crippen LogP contribution in [0.5, 0.6) is 0 Å². The molecule has 2 aromatic rings. The minimum absolute atomic E-state index is 0.594. The molecule has 0 bridgehead atoms. The number of thiophene rings is 1. The van der Waals surface area contributed by atoms with Crippen LogP contribution in [0.3, 0.4) is 0 Å². The maximum Gasteiger partial charge on any atom is 0.144 e. The Bertz CT molecular complexity index is 654. The van der Waals surface area contributed by atoms with Crippen molar-refractivity contribution in [1.29, 1.82) is 0 Å². The first kappa shape index (κ1) is 13.5. The summed E-state index contributed by atoms with van der Waals surface area (Å²) in [5.41, 5.74) is 3.66. The fourth-order valence-corrected chi connectivity index (χ4v) is 4.25. The number of nitrogens with one attached hydrogen (secondary N) is 1. The van der Waals surface area contributed by atoms with E-state index in [1.54, 1.807) is 11.3 Å². The Balaban J connectivity index is 2.12. The highest BCUT2D eigenvalue weighted by Crippen LogP contribution is 2.38. The molecule has 19 heavy (non-hydrogen) atoms. The average molecular weight is 355 g/mol. The van der Waals surface area contributed by atoms with Crippen molar-refractivity contribution in [3.8, 4) is 11.4 Å². The van der Waals surface area contributed by atoms with Gasteiger partial charge in [0.1, 0.15) is 10.5 Å². The number of nitrogens with zero attached hydrogens (tertiary/aromatic N) is 1. The van der Waals surface area contributed by atoms with Gasteiger partial charge in [0, 0.05) is 22.6 Å². The number of halogens is 1. The molecule has 0 atom stereocenters. The van der Waals surface area contributed by atoms with E-state index in [0.29, 0.717) is 10.6 Å². The van der Waals surface area contributed by atoms with Crippen LogP contribution in [0.4, 0.5) is 0 Å². The number of aryl methyl sites for hydroxylation is 1. The van der Waals surface area contributed by atoms with Crippen LogP contribution < -0.4 is 0 Å². The smallest absolute Gasteiger partial charge is 0.144 e. The summed E-state index contributed by atoms with van der Waals surface area (Å²) in [6.07, 6.45) is 5.12. The topological polar surface area (TPSA) is 28.7 Å². The molecule has 1 N–H and O–H groups in total. The summed E-state index contributed by atoms with van der Waals surface area (Å²) in [4.78, 5) is 8.05. The largest absolute Gasteiger partial charge is 0.342 e. The second-order valence-corrected chi connectivity index (χ2v) is 6.99. The lowest BCUT2D eigenvalue weighted by atomic mass is 10.0. The van der Waals surface area contributed by atoms with Gasteiger partial charge in [-0.2, -0.15) is 11.3 Å². The van der Waals surface area contributed by atoms with E-state index in [9.17, 15) is 0 Å². The fraction of sp³-hybridized carbons (Fsp3) is 0.429. The van der Waals surface area contributed by atoms with Crippen molar-refractivity contribution >= 4 is 39.5 Å². The summed E-state index contributed by atoms with van der Waals surface area (Å²) in [5.74, 6) is 1.51. The van der Waals surface area contributed by atoms with Crippen LogP contribution in [0.1, 0.15) is 42.9 Å². The first-order chi connectivity index (χ1) is 9.16. The van der Waals surface area contributed by atoms with Gasteiger partial charge in [-0.05, 0) is 46.6 Å². The fourth-order valence-electron chi connectivity index (χ4n) is 2.70. The lowest BCUT2D eigenvalue weighted by Gasteiger charge is -2.14. The summed E-state index contributed by atoms with van der Waals surface area (Å²) in [6, 6.07) is 0. The predicted octanol–water partition coefficient (Wildman–Crippen LogP) is 5.60. The van der Waals surface area contributed by atoms with Gasteiger partial charge in [0.25, 0.3) is 0 Å². The summed E-state index contributed by atoms with van der Waals surface area (Å²) in [6.45, 7) is 2.11. The van der Waals surface area contributed by atoms with E-state index in [1.165, 1.54) is 42.5 Å². The van der Waals surface area contributed by atoms with Gasteiger partial charge in [-0.15, -0.1) is 0 Å². The summed E-state index contributed by atoms with van der Waals surface area (Å²) in [7, 11) is 0. The highest BCUT2D eigenvalue weighted by Gasteiger charge is 2.22. The van der Waals surface area contributed by atoms with E-state index in [1.807, 2.05) is 0 Å². The predicted molar refractivity (Wildman–Crippen MR) is 86.4 cm³/mol. The van der Waals surface area contributed by atoms with Crippen molar-refractivity contribution in [2.24, 2.45) is 0 Å². The monoisotopic (exact) mass is 354 g/mol. The van der Waals surface area contributed by atoms with Crippen LogP contribution in [0.2, 0.25) is 0 Å². The SMILES string of the molecule is Cc1cscc1-c1nc(=S)c(Br)c(C2CCCC2)[nH]1. The molecule has 0 aliphatic heterocycles. The second-order valence-electron chi connectivity index (χ2n) is 5.07. The molecule has 0 amide bonds. The van der Waals surface area contributed by atoms with Gasteiger partial charge in [-0.25, -0.2) is 4.98 Å². The molecule has 5 heteroatoms. The van der Waals surface area contributed by atoms with Crippen LogP contribution in [-0.4, -0.2) is 9.97 Å². The van der Waals surface area contributed by atoms with Gasteiger partial charge < -0.3 is 4.98 Å². The number of rotatable bonds is 2. The maximum atomic E-state index is 5.41. The number of aromatic nitrogens is 2. The summed E-state index contributed by atoms with van der Waals surface area (Å²) in [5, 5.41) is 4.28. The third-order valence-corrected chi connectivity index (χ3v) is 5.99. The lowest BCUT2D eigenvalue weighted by Crippen LogP contribution is -2.02. The number of H-pyrrole nitrogens is 1. The van der Waals surface area contributed by atoms with Gasteiger partial charge in [0.15, 0.2) is 0 Å². The molecule has 1 aliphatic carbocycles. The molecular formula is C14H15BrN2S2. The first-order valence-corrected chi connectivity index (χ1v) is 8.64. The van der Waals surface area contributed by atoms with E-state index >= 15 is 0 Å². The zero-order valence-corrected chi connectivity index (χ0v) is 13.9. The minimum atomic E-state index is 0.594. The second kappa shape index (κ2) is 5.46. The van der Waals surface area contributed by atoms with Gasteiger partial charge in [-0.3, -0.25) is 0 Å². The zero-order valence-electron chi connectivity index (χ0n) is 10.7. The molecule has 1 saturated carbocycles. The van der Waals surface area contributed by atoms with Gasteiger partial charge in [0.05, 0.1) is 4.47 Å². The molecule has 0 spiro atoms. The summed E-state index contributed by atoms with van der Waals surface area (Å²) < 4.78 is 1.65.